The van der Waals surface area contributed by atoms with Gasteiger partial charge in [-0.05, 0) is 54.6 Å². The van der Waals surface area contributed by atoms with Gasteiger partial charge in [0.05, 0.1) is 25.3 Å². The Morgan fingerprint density at radius 1 is 0.829 bits per heavy atom. The van der Waals surface area contributed by atoms with E-state index in [2.05, 4.69) is 15.6 Å². The number of benzene rings is 3. The molecule has 0 fully saturated rings. The third kappa shape index (κ3) is 5.55. The summed E-state index contributed by atoms with van der Waals surface area (Å²) in [7, 11) is 3.08. The smallest absolute Gasteiger partial charge is 0.416 e. The zero-order valence-electron chi connectivity index (χ0n) is 18.6. The summed E-state index contributed by atoms with van der Waals surface area (Å²) < 4.78 is 55.2. The number of nitrogens with zero attached hydrogens (tertiary/aromatic N) is 1. The number of halogens is 3. The SMILES string of the molecule is COc1cc2nccc(Oc3ccc(NC(=O)Nc4cccc(C(F)(F)F)c4)cc3)c2cc1OC. The summed E-state index contributed by atoms with van der Waals surface area (Å²) in [5, 5.41) is 5.67. The summed E-state index contributed by atoms with van der Waals surface area (Å²) >= 11 is 0. The van der Waals surface area contributed by atoms with Crippen molar-refractivity contribution in [3.63, 3.8) is 0 Å². The first kappa shape index (κ1) is 23.7. The molecule has 1 aromatic heterocycles. The Balaban J connectivity index is 1.45. The molecule has 0 saturated heterocycles. The lowest BCUT2D eigenvalue weighted by atomic mass is 10.2. The maximum Gasteiger partial charge on any atom is 0.416 e. The van der Waals surface area contributed by atoms with Gasteiger partial charge < -0.3 is 24.8 Å². The number of amides is 2. The number of fused-ring (bicyclic) bond motifs is 1. The molecule has 0 atom stereocenters. The average molecular weight is 483 g/mol. The molecule has 0 saturated carbocycles. The Kier molecular flexibility index (Phi) is 6.63. The highest BCUT2D eigenvalue weighted by atomic mass is 19.4. The molecule has 4 aromatic rings. The molecule has 2 N–H and O–H groups in total. The molecule has 0 radical (unpaired) electrons. The summed E-state index contributed by atoms with van der Waals surface area (Å²) in [6.07, 6.45) is -2.89. The summed E-state index contributed by atoms with van der Waals surface area (Å²) in [6.45, 7) is 0. The Hall–Kier alpha value is -4.47. The number of carbonyl (C=O) groups excluding carboxylic acids is 1. The molecule has 180 valence electrons. The van der Waals surface area contributed by atoms with Gasteiger partial charge in [-0.1, -0.05) is 6.07 Å². The summed E-state index contributed by atoms with van der Waals surface area (Å²) in [5.41, 5.74) is 0.253. The predicted molar refractivity (Wildman–Crippen MR) is 125 cm³/mol. The van der Waals surface area contributed by atoms with E-state index in [1.807, 2.05) is 0 Å². The van der Waals surface area contributed by atoms with Crippen molar-refractivity contribution >= 4 is 28.3 Å². The summed E-state index contributed by atoms with van der Waals surface area (Å²) in [5.74, 6) is 2.11. The molecule has 0 unspecified atom stereocenters. The van der Waals surface area contributed by atoms with Crippen LogP contribution in [0.3, 0.4) is 0 Å². The van der Waals surface area contributed by atoms with Gasteiger partial charge in [-0.25, -0.2) is 4.79 Å². The predicted octanol–water partition coefficient (Wildman–Crippen LogP) is 6.71. The van der Waals surface area contributed by atoms with Gasteiger partial charge in [-0.2, -0.15) is 13.2 Å². The molecule has 35 heavy (non-hydrogen) atoms. The Morgan fingerprint density at radius 2 is 1.51 bits per heavy atom. The fourth-order valence-corrected chi connectivity index (χ4v) is 3.34. The molecule has 4 rings (SSSR count). The van der Waals surface area contributed by atoms with Crippen LogP contribution < -0.4 is 24.8 Å². The summed E-state index contributed by atoms with van der Waals surface area (Å²) in [4.78, 5) is 16.5. The first-order chi connectivity index (χ1) is 16.8. The number of pyridine rings is 1. The van der Waals surface area contributed by atoms with Gasteiger partial charge in [0.2, 0.25) is 0 Å². The lowest BCUT2D eigenvalue weighted by Gasteiger charge is -2.13. The molecule has 0 bridgehead atoms. The van der Waals surface area contributed by atoms with Crippen LogP contribution in [-0.2, 0) is 6.18 Å². The highest BCUT2D eigenvalue weighted by Gasteiger charge is 2.30. The van der Waals surface area contributed by atoms with Crippen LogP contribution in [0.1, 0.15) is 5.56 Å². The van der Waals surface area contributed by atoms with E-state index in [4.69, 9.17) is 14.2 Å². The van der Waals surface area contributed by atoms with Gasteiger partial charge in [0.15, 0.2) is 11.5 Å². The van der Waals surface area contributed by atoms with Crippen molar-refractivity contribution in [2.75, 3.05) is 24.9 Å². The van der Waals surface area contributed by atoms with Crippen molar-refractivity contribution < 1.29 is 32.2 Å². The normalized spacial score (nSPS) is 11.1. The molecule has 2 amide bonds. The third-order valence-electron chi connectivity index (χ3n) is 4.99. The zero-order valence-corrected chi connectivity index (χ0v) is 18.6. The second kappa shape index (κ2) is 9.80. The lowest BCUT2D eigenvalue weighted by Crippen LogP contribution is -2.19. The van der Waals surface area contributed by atoms with Gasteiger partial charge in [0, 0.05) is 29.0 Å². The van der Waals surface area contributed by atoms with Crippen molar-refractivity contribution in [3.05, 3.63) is 78.5 Å². The number of hydrogen-bond donors (Lipinski definition) is 2. The molecule has 10 heteroatoms. The maximum atomic E-state index is 12.8. The highest BCUT2D eigenvalue weighted by molar-refractivity contribution is 5.99. The van der Waals surface area contributed by atoms with Crippen LogP contribution in [0.25, 0.3) is 10.9 Å². The minimum atomic E-state index is -4.50. The molecule has 0 aliphatic heterocycles. The van der Waals surface area contributed by atoms with Gasteiger partial charge in [-0.15, -0.1) is 0 Å². The Bertz CT molecular complexity index is 1360. The molecular weight excluding hydrogens is 463 g/mol. The van der Waals surface area contributed by atoms with Crippen molar-refractivity contribution in [1.82, 2.24) is 4.98 Å². The molecule has 0 spiro atoms. The quantitative estimate of drug-likeness (QED) is 0.319. The summed E-state index contributed by atoms with van der Waals surface area (Å²) in [6, 6.07) is 15.4. The van der Waals surface area contributed by atoms with Gasteiger partial charge in [0.25, 0.3) is 0 Å². The number of urea groups is 1. The number of hydrogen-bond acceptors (Lipinski definition) is 5. The molecule has 0 aliphatic rings. The Morgan fingerprint density at radius 3 is 2.20 bits per heavy atom. The third-order valence-corrected chi connectivity index (χ3v) is 4.99. The fraction of sp³-hybridized carbons (Fsp3) is 0.120. The second-order valence-electron chi connectivity index (χ2n) is 7.32. The largest absolute Gasteiger partial charge is 0.493 e. The highest BCUT2D eigenvalue weighted by Crippen LogP contribution is 2.37. The first-order valence-corrected chi connectivity index (χ1v) is 10.3. The number of methoxy groups -OCH3 is 2. The van der Waals surface area contributed by atoms with Gasteiger partial charge >= 0.3 is 12.2 Å². The van der Waals surface area contributed by atoms with Crippen molar-refractivity contribution in [2.24, 2.45) is 0 Å². The number of anilines is 2. The van der Waals surface area contributed by atoms with E-state index in [9.17, 15) is 18.0 Å². The number of ether oxygens (including phenoxy) is 3. The minimum Gasteiger partial charge on any atom is -0.493 e. The van der Waals surface area contributed by atoms with E-state index >= 15 is 0 Å². The molecule has 7 nitrogen and oxygen atoms in total. The monoisotopic (exact) mass is 483 g/mol. The van der Waals surface area contributed by atoms with E-state index < -0.39 is 17.8 Å². The minimum absolute atomic E-state index is 0.0221. The standard InChI is InChI=1S/C25H20F3N3O4/c1-33-22-13-19-20(14-23(22)34-2)29-11-10-21(19)35-18-8-6-16(7-9-18)30-24(32)31-17-5-3-4-15(12-17)25(26,27)28/h3-14H,1-2H3,(H2,30,31,32). The maximum absolute atomic E-state index is 12.8. The molecule has 3 aromatic carbocycles. The van der Waals surface area contributed by atoms with Crippen LogP contribution >= 0.6 is 0 Å². The fourth-order valence-electron chi connectivity index (χ4n) is 3.34. The van der Waals surface area contributed by atoms with E-state index in [1.54, 1.807) is 55.8 Å². The van der Waals surface area contributed by atoms with Gasteiger partial charge in [0.1, 0.15) is 11.5 Å². The number of aromatic nitrogens is 1. The average Bonchev–Trinajstić information content (AvgIpc) is 2.84. The number of nitrogens with one attached hydrogen (secondary N) is 2. The topological polar surface area (TPSA) is 81.7 Å². The molecule has 0 aliphatic carbocycles. The van der Waals surface area contributed by atoms with E-state index in [-0.39, 0.29) is 5.69 Å². The number of rotatable bonds is 6. The zero-order chi connectivity index (χ0) is 25.0. The van der Waals surface area contributed by atoms with Crippen LogP contribution in [-0.4, -0.2) is 25.2 Å². The van der Waals surface area contributed by atoms with E-state index in [1.165, 1.54) is 19.2 Å². The van der Waals surface area contributed by atoms with Crippen molar-refractivity contribution in [3.8, 4) is 23.0 Å². The Labute approximate surface area is 198 Å². The van der Waals surface area contributed by atoms with Crippen LogP contribution in [0.15, 0.2) is 72.9 Å². The number of alkyl halides is 3. The van der Waals surface area contributed by atoms with Gasteiger partial charge in [-0.3, -0.25) is 4.98 Å². The second-order valence-corrected chi connectivity index (χ2v) is 7.32. The van der Waals surface area contributed by atoms with Crippen LogP contribution in [0.5, 0.6) is 23.0 Å². The van der Waals surface area contributed by atoms with Crippen LogP contribution in [0.4, 0.5) is 29.3 Å². The van der Waals surface area contributed by atoms with E-state index in [0.29, 0.717) is 39.6 Å². The first-order valence-electron chi connectivity index (χ1n) is 10.3. The number of carbonyl (C=O) groups is 1. The van der Waals surface area contributed by atoms with Crippen molar-refractivity contribution in [1.29, 1.82) is 0 Å². The molecular formula is C25H20F3N3O4. The van der Waals surface area contributed by atoms with Crippen LogP contribution in [0.2, 0.25) is 0 Å². The molecule has 1 heterocycles. The van der Waals surface area contributed by atoms with Crippen molar-refractivity contribution in [2.45, 2.75) is 6.18 Å². The lowest BCUT2D eigenvalue weighted by molar-refractivity contribution is -0.137. The van der Waals surface area contributed by atoms with E-state index in [0.717, 1.165) is 12.1 Å². The van der Waals surface area contributed by atoms with Crippen LogP contribution in [0, 0.1) is 0 Å².